The SMILES string of the molecule is CCCC1CN(CCn2ccccc2=O)C(C)CCN1. The number of hydrogen-bond acceptors (Lipinski definition) is 3. The summed E-state index contributed by atoms with van der Waals surface area (Å²) in [6.07, 6.45) is 5.52. The van der Waals surface area contributed by atoms with Gasteiger partial charge in [-0.3, -0.25) is 9.69 Å². The van der Waals surface area contributed by atoms with Gasteiger partial charge in [-0.15, -0.1) is 0 Å². The van der Waals surface area contributed by atoms with Gasteiger partial charge in [0.2, 0.25) is 0 Å². The van der Waals surface area contributed by atoms with Crippen molar-refractivity contribution in [3.63, 3.8) is 0 Å². The summed E-state index contributed by atoms with van der Waals surface area (Å²) in [6, 6.07) is 6.54. The quantitative estimate of drug-likeness (QED) is 0.890. The molecule has 2 atom stereocenters. The molecule has 1 aromatic heterocycles. The van der Waals surface area contributed by atoms with Crippen molar-refractivity contribution in [1.82, 2.24) is 14.8 Å². The molecule has 0 saturated carbocycles. The number of nitrogens with zero attached hydrogens (tertiary/aromatic N) is 2. The molecule has 0 spiro atoms. The highest BCUT2D eigenvalue weighted by molar-refractivity contribution is 4.93. The second kappa shape index (κ2) is 7.60. The first-order valence-electron chi connectivity index (χ1n) is 7.83. The minimum absolute atomic E-state index is 0.0956. The van der Waals surface area contributed by atoms with Crippen LogP contribution in [0.4, 0.5) is 0 Å². The van der Waals surface area contributed by atoms with Crippen LogP contribution in [0.3, 0.4) is 0 Å². The number of pyridine rings is 1. The van der Waals surface area contributed by atoms with Crippen LogP contribution < -0.4 is 10.9 Å². The molecule has 4 nitrogen and oxygen atoms in total. The van der Waals surface area contributed by atoms with Crippen molar-refractivity contribution >= 4 is 0 Å². The number of hydrogen-bond donors (Lipinski definition) is 1. The molecule has 2 rings (SSSR count). The van der Waals surface area contributed by atoms with E-state index in [1.165, 1.54) is 19.3 Å². The third-order valence-electron chi connectivity index (χ3n) is 4.24. The van der Waals surface area contributed by atoms with E-state index in [4.69, 9.17) is 0 Å². The van der Waals surface area contributed by atoms with Crippen molar-refractivity contribution in [2.75, 3.05) is 19.6 Å². The summed E-state index contributed by atoms with van der Waals surface area (Å²) >= 11 is 0. The highest BCUT2D eigenvalue weighted by Gasteiger charge is 2.21. The molecule has 1 aromatic rings. The van der Waals surface area contributed by atoms with E-state index in [-0.39, 0.29) is 5.56 Å². The Bertz CT molecular complexity index is 457. The van der Waals surface area contributed by atoms with Crippen LogP contribution in [0.15, 0.2) is 29.2 Å². The molecule has 0 bridgehead atoms. The Kier molecular flexibility index (Phi) is 5.80. The Morgan fingerprint density at radius 3 is 2.95 bits per heavy atom. The minimum Gasteiger partial charge on any atom is -0.314 e. The van der Waals surface area contributed by atoms with Crippen LogP contribution in [-0.4, -0.2) is 41.2 Å². The zero-order valence-corrected chi connectivity index (χ0v) is 12.7. The molecule has 1 N–H and O–H groups in total. The predicted octanol–water partition coefficient (Wildman–Crippen LogP) is 1.70. The van der Waals surface area contributed by atoms with Crippen LogP contribution >= 0.6 is 0 Å². The van der Waals surface area contributed by atoms with Gasteiger partial charge in [0.25, 0.3) is 5.56 Å². The molecule has 2 heterocycles. The maximum Gasteiger partial charge on any atom is 0.250 e. The Hall–Kier alpha value is -1.13. The van der Waals surface area contributed by atoms with E-state index in [0.717, 1.165) is 26.2 Å². The molecule has 1 aliphatic rings. The van der Waals surface area contributed by atoms with E-state index >= 15 is 0 Å². The molecular weight excluding hydrogens is 250 g/mol. The standard InChI is InChI=1S/C16H27N3O/c1-3-6-15-13-19(14(2)8-9-17-15)12-11-18-10-5-4-7-16(18)20/h4-5,7,10,14-15,17H,3,6,8-9,11-13H2,1-2H3. The highest BCUT2D eigenvalue weighted by atomic mass is 16.1. The predicted molar refractivity (Wildman–Crippen MR) is 83.1 cm³/mol. The van der Waals surface area contributed by atoms with E-state index in [0.29, 0.717) is 12.1 Å². The normalized spacial score (nSPS) is 24.5. The van der Waals surface area contributed by atoms with Gasteiger partial charge in [-0.2, -0.15) is 0 Å². The summed E-state index contributed by atoms with van der Waals surface area (Å²) in [4.78, 5) is 14.3. The summed E-state index contributed by atoms with van der Waals surface area (Å²) in [5.74, 6) is 0. The molecular formula is C16H27N3O. The van der Waals surface area contributed by atoms with Gasteiger partial charge in [0.05, 0.1) is 0 Å². The number of rotatable bonds is 5. The Labute approximate surface area is 121 Å². The van der Waals surface area contributed by atoms with E-state index < -0.39 is 0 Å². The number of nitrogens with one attached hydrogen (secondary N) is 1. The van der Waals surface area contributed by atoms with Gasteiger partial charge in [0.15, 0.2) is 0 Å². The maximum absolute atomic E-state index is 11.7. The summed E-state index contributed by atoms with van der Waals surface area (Å²) in [7, 11) is 0. The molecule has 0 aromatic carbocycles. The molecule has 4 heteroatoms. The fraction of sp³-hybridized carbons (Fsp3) is 0.688. The monoisotopic (exact) mass is 277 g/mol. The largest absolute Gasteiger partial charge is 0.314 e. The first kappa shape index (κ1) is 15.3. The third-order valence-corrected chi connectivity index (χ3v) is 4.24. The maximum atomic E-state index is 11.7. The Morgan fingerprint density at radius 2 is 2.20 bits per heavy atom. The van der Waals surface area contributed by atoms with Crippen molar-refractivity contribution in [3.05, 3.63) is 34.7 Å². The van der Waals surface area contributed by atoms with Gasteiger partial charge in [0.1, 0.15) is 0 Å². The van der Waals surface area contributed by atoms with Gasteiger partial charge < -0.3 is 9.88 Å². The molecule has 2 unspecified atom stereocenters. The van der Waals surface area contributed by atoms with Crippen molar-refractivity contribution in [2.24, 2.45) is 0 Å². The zero-order valence-electron chi connectivity index (χ0n) is 12.7. The highest BCUT2D eigenvalue weighted by Crippen LogP contribution is 2.11. The van der Waals surface area contributed by atoms with Crippen LogP contribution in [0, 0.1) is 0 Å². The van der Waals surface area contributed by atoms with Crippen molar-refractivity contribution < 1.29 is 0 Å². The molecule has 0 radical (unpaired) electrons. The smallest absolute Gasteiger partial charge is 0.250 e. The van der Waals surface area contributed by atoms with Crippen LogP contribution in [0.25, 0.3) is 0 Å². The van der Waals surface area contributed by atoms with Crippen LogP contribution in [-0.2, 0) is 6.54 Å². The van der Waals surface area contributed by atoms with Gasteiger partial charge in [-0.25, -0.2) is 0 Å². The van der Waals surface area contributed by atoms with E-state index in [1.807, 2.05) is 12.3 Å². The van der Waals surface area contributed by atoms with Gasteiger partial charge >= 0.3 is 0 Å². The Balaban J connectivity index is 1.95. The van der Waals surface area contributed by atoms with Gasteiger partial charge in [0, 0.05) is 44.0 Å². The molecule has 0 amide bonds. The minimum atomic E-state index is 0.0956. The second-order valence-corrected chi connectivity index (χ2v) is 5.80. The summed E-state index contributed by atoms with van der Waals surface area (Å²) < 4.78 is 1.81. The second-order valence-electron chi connectivity index (χ2n) is 5.80. The summed E-state index contributed by atoms with van der Waals surface area (Å²) in [5, 5.41) is 3.64. The first-order valence-corrected chi connectivity index (χ1v) is 7.83. The van der Waals surface area contributed by atoms with Crippen molar-refractivity contribution in [1.29, 1.82) is 0 Å². The van der Waals surface area contributed by atoms with Crippen molar-refractivity contribution in [3.8, 4) is 0 Å². The fourth-order valence-electron chi connectivity index (χ4n) is 2.94. The molecule has 1 fully saturated rings. The lowest BCUT2D eigenvalue weighted by molar-refractivity contribution is 0.193. The van der Waals surface area contributed by atoms with Crippen LogP contribution in [0.1, 0.15) is 33.1 Å². The average molecular weight is 277 g/mol. The Morgan fingerprint density at radius 1 is 1.35 bits per heavy atom. The van der Waals surface area contributed by atoms with E-state index in [2.05, 4.69) is 24.1 Å². The lowest BCUT2D eigenvalue weighted by atomic mass is 10.1. The summed E-state index contributed by atoms with van der Waals surface area (Å²) in [6.45, 7) is 8.47. The molecule has 20 heavy (non-hydrogen) atoms. The van der Waals surface area contributed by atoms with E-state index in [1.54, 1.807) is 16.7 Å². The number of aromatic nitrogens is 1. The van der Waals surface area contributed by atoms with Crippen molar-refractivity contribution in [2.45, 2.75) is 51.7 Å². The molecule has 112 valence electrons. The third kappa shape index (κ3) is 4.18. The average Bonchev–Trinajstić information content (AvgIpc) is 2.61. The topological polar surface area (TPSA) is 37.3 Å². The lowest BCUT2D eigenvalue weighted by Gasteiger charge is -2.29. The van der Waals surface area contributed by atoms with Gasteiger partial charge in [-0.1, -0.05) is 19.4 Å². The fourth-order valence-corrected chi connectivity index (χ4v) is 2.94. The van der Waals surface area contributed by atoms with Gasteiger partial charge in [-0.05, 0) is 32.4 Å². The van der Waals surface area contributed by atoms with E-state index in [9.17, 15) is 4.79 Å². The molecule has 0 aliphatic carbocycles. The first-order chi connectivity index (χ1) is 9.70. The molecule has 1 saturated heterocycles. The zero-order chi connectivity index (χ0) is 14.4. The lowest BCUT2D eigenvalue weighted by Crippen LogP contribution is -2.42. The summed E-state index contributed by atoms with van der Waals surface area (Å²) in [5.41, 5.74) is 0.0956. The molecule has 1 aliphatic heterocycles. The van der Waals surface area contributed by atoms with Crippen LogP contribution in [0.2, 0.25) is 0 Å². The van der Waals surface area contributed by atoms with Crippen LogP contribution in [0.5, 0.6) is 0 Å².